The fourth-order valence-corrected chi connectivity index (χ4v) is 2.20. The first-order chi connectivity index (χ1) is 8.36. The number of benzene rings is 1. The minimum Gasteiger partial charge on any atom is -0.384 e. The predicted octanol–water partition coefficient (Wildman–Crippen LogP) is 2.50. The Morgan fingerprint density at radius 2 is 2.06 bits per heavy atom. The molecule has 3 rings (SSSR count). The minimum atomic E-state index is -1.17. The molecule has 17 heavy (non-hydrogen) atoms. The maximum absolute atomic E-state index is 14.4. The molecule has 4 heteroatoms. The molecule has 1 aromatic heterocycles. The maximum Gasteiger partial charge on any atom is 0.155 e. The van der Waals surface area contributed by atoms with Crippen LogP contribution in [0.15, 0.2) is 36.9 Å². The first kappa shape index (κ1) is 10.2. The fraction of sp³-hybridized carbons (Fsp3) is 0.231. The molecule has 1 aliphatic heterocycles. The Hall–Kier alpha value is -1.97. The van der Waals surface area contributed by atoms with Gasteiger partial charge in [0.2, 0.25) is 0 Å². The zero-order valence-corrected chi connectivity index (χ0v) is 9.23. The second kappa shape index (κ2) is 4.13. The van der Waals surface area contributed by atoms with Crippen LogP contribution in [0.1, 0.15) is 22.9 Å². The summed E-state index contributed by atoms with van der Waals surface area (Å²) in [5.74, 6) is 0. The van der Waals surface area contributed by atoms with E-state index in [1.807, 2.05) is 18.2 Å². The number of rotatable bonds is 2. The van der Waals surface area contributed by atoms with Crippen molar-refractivity contribution in [3.63, 3.8) is 0 Å². The monoisotopic (exact) mass is 229 g/mol. The fourth-order valence-electron chi connectivity index (χ4n) is 2.20. The Kier molecular flexibility index (Phi) is 2.48. The lowest BCUT2D eigenvalue weighted by molar-refractivity contribution is 0.401. The number of alkyl halides is 1. The molecule has 0 radical (unpaired) electrons. The van der Waals surface area contributed by atoms with Crippen LogP contribution >= 0.6 is 0 Å². The Morgan fingerprint density at radius 3 is 2.88 bits per heavy atom. The molecule has 0 spiro atoms. The van der Waals surface area contributed by atoms with E-state index in [-0.39, 0.29) is 0 Å². The van der Waals surface area contributed by atoms with E-state index >= 15 is 0 Å². The van der Waals surface area contributed by atoms with Gasteiger partial charge >= 0.3 is 0 Å². The van der Waals surface area contributed by atoms with E-state index < -0.39 is 6.17 Å². The van der Waals surface area contributed by atoms with Gasteiger partial charge in [-0.25, -0.2) is 14.4 Å². The van der Waals surface area contributed by atoms with Gasteiger partial charge in [-0.15, -0.1) is 0 Å². The van der Waals surface area contributed by atoms with E-state index in [0.717, 1.165) is 18.7 Å². The average molecular weight is 229 g/mol. The predicted molar refractivity (Wildman–Crippen MR) is 63.6 cm³/mol. The van der Waals surface area contributed by atoms with Gasteiger partial charge in [-0.05, 0) is 12.0 Å². The summed E-state index contributed by atoms with van der Waals surface area (Å²) in [6, 6.07) is 5.75. The van der Waals surface area contributed by atoms with Gasteiger partial charge in [0.25, 0.3) is 0 Å². The zero-order chi connectivity index (χ0) is 11.7. The summed E-state index contributed by atoms with van der Waals surface area (Å²) in [7, 11) is 0. The molecule has 1 unspecified atom stereocenters. The van der Waals surface area contributed by atoms with Crippen molar-refractivity contribution in [1.29, 1.82) is 0 Å². The number of aromatic nitrogens is 2. The molecule has 1 aromatic carbocycles. The Morgan fingerprint density at radius 1 is 1.24 bits per heavy atom. The third kappa shape index (κ3) is 1.75. The molecule has 0 bridgehead atoms. The van der Waals surface area contributed by atoms with Gasteiger partial charge in [0.05, 0.1) is 0 Å². The SMILES string of the molecule is FC(c1cncnc1)c1cccc2c1NCC2. The summed E-state index contributed by atoms with van der Waals surface area (Å²) in [6.07, 6.45) is 4.24. The van der Waals surface area contributed by atoms with E-state index in [9.17, 15) is 4.39 Å². The van der Waals surface area contributed by atoms with Gasteiger partial charge < -0.3 is 5.32 Å². The summed E-state index contributed by atoms with van der Waals surface area (Å²) in [6.45, 7) is 0.879. The highest BCUT2D eigenvalue weighted by atomic mass is 19.1. The molecule has 0 saturated heterocycles. The molecule has 2 aromatic rings. The highest BCUT2D eigenvalue weighted by Gasteiger charge is 2.21. The minimum absolute atomic E-state index is 0.495. The summed E-state index contributed by atoms with van der Waals surface area (Å²) >= 11 is 0. The summed E-state index contributed by atoms with van der Waals surface area (Å²) in [5, 5.41) is 3.24. The van der Waals surface area contributed by atoms with Crippen LogP contribution in [0.25, 0.3) is 0 Å². The van der Waals surface area contributed by atoms with Crippen molar-refractivity contribution in [2.75, 3.05) is 11.9 Å². The van der Waals surface area contributed by atoms with Gasteiger partial charge in [0.15, 0.2) is 6.17 Å². The average Bonchev–Trinajstić information content (AvgIpc) is 2.87. The molecule has 3 nitrogen and oxygen atoms in total. The highest BCUT2D eigenvalue weighted by Crippen LogP contribution is 2.35. The van der Waals surface area contributed by atoms with Crippen LogP contribution in [0.3, 0.4) is 0 Å². The van der Waals surface area contributed by atoms with Crippen LogP contribution in [0, 0.1) is 0 Å². The number of anilines is 1. The van der Waals surface area contributed by atoms with Gasteiger partial charge in [-0.1, -0.05) is 18.2 Å². The van der Waals surface area contributed by atoms with Crippen molar-refractivity contribution in [2.45, 2.75) is 12.6 Å². The number of para-hydroxylation sites is 1. The third-order valence-corrected chi connectivity index (χ3v) is 3.03. The lowest BCUT2D eigenvalue weighted by atomic mass is 10.0. The summed E-state index contributed by atoms with van der Waals surface area (Å²) in [4.78, 5) is 7.71. The third-order valence-electron chi connectivity index (χ3n) is 3.03. The molecule has 86 valence electrons. The van der Waals surface area contributed by atoms with Crippen molar-refractivity contribution < 1.29 is 4.39 Å². The highest BCUT2D eigenvalue weighted by molar-refractivity contribution is 5.62. The molecule has 0 aliphatic carbocycles. The summed E-state index contributed by atoms with van der Waals surface area (Å²) < 4.78 is 14.4. The molecule has 1 aliphatic rings. The van der Waals surface area contributed by atoms with E-state index in [1.54, 1.807) is 0 Å². The topological polar surface area (TPSA) is 37.8 Å². The van der Waals surface area contributed by atoms with E-state index in [1.165, 1.54) is 24.3 Å². The normalized spacial score (nSPS) is 15.1. The molecule has 0 fully saturated rings. The van der Waals surface area contributed by atoms with Crippen LogP contribution in [0.4, 0.5) is 10.1 Å². The zero-order valence-electron chi connectivity index (χ0n) is 9.23. The number of nitrogens with one attached hydrogen (secondary N) is 1. The molecule has 1 atom stereocenters. The molecule has 1 N–H and O–H groups in total. The molecule has 0 amide bonds. The first-order valence-electron chi connectivity index (χ1n) is 5.61. The lowest BCUT2D eigenvalue weighted by Gasteiger charge is -2.12. The lowest BCUT2D eigenvalue weighted by Crippen LogP contribution is -2.01. The van der Waals surface area contributed by atoms with Crippen LogP contribution in [0.5, 0.6) is 0 Å². The van der Waals surface area contributed by atoms with E-state index in [4.69, 9.17) is 0 Å². The van der Waals surface area contributed by atoms with Crippen LogP contribution in [0.2, 0.25) is 0 Å². The smallest absolute Gasteiger partial charge is 0.155 e. The summed E-state index contributed by atoms with van der Waals surface area (Å²) in [5.41, 5.74) is 3.29. The van der Waals surface area contributed by atoms with Gasteiger partial charge in [0, 0.05) is 35.8 Å². The second-order valence-corrected chi connectivity index (χ2v) is 4.09. The second-order valence-electron chi connectivity index (χ2n) is 4.09. The molecule has 2 heterocycles. The number of hydrogen-bond donors (Lipinski definition) is 1. The molecule has 0 saturated carbocycles. The van der Waals surface area contributed by atoms with Crippen molar-refractivity contribution >= 4 is 5.69 Å². The van der Waals surface area contributed by atoms with Gasteiger partial charge in [-0.2, -0.15) is 0 Å². The van der Waals surface area contributed by atoms with Crippen molar-refractivity contribution in [1.82, 2.24) is 9.97 Å². The maximum atomic E-state index is 14.4. The van der Waals surface area contributed by atoms with Crippen molar-refractivity contribution in [2.24, 2.45) is 0 Å². The molecular formula is C13H12FN3. The van der Waals surface area contributed by atoms with E-state index in [0.29, 0.717) is 11.1 Å². The van der Waals surface area contributed by atoms with Crippen LogP contribution in [-0.4, -0.2) is 16.5 Å². The van der Waals surface area contributed by atoms with Crippen molar-refractivity contribution in [3.8, 4) is 0 Å². The largest absolute Gasteiger partial charge is 0.384 e. The first-order valence-corrected chi connectivity index (χ1v) is 5.61. The van der Waals surface area contributed by atoms with E-state index in [2.05, 4.69) is 15.3 Å². The van der Waals surface area contributed by atoms with Crippen LogP contribution in [-0.2, 0) is 6.42 Å². The number of nitrogens with zero attached hydrogens (tertiary/aromatic N) is 2. The number of fused-ring (bicyclic) bond motifs is 1. The number of hydrogen-bond acceptors (Lipinski definition) is 3. The van der Waals surface area contributed by atoms with Crippen LogP contribution < -0.4 is 5.32 Å². The van der Waals surface area contributed by atoms with Gasteiger partial charge in [0.1, 0.15) is 6.33 Å². The Labute approximate surface area is 98.7 Å². The standard InChI is InChI=1S/C13H12FN3/c14-12(10-6-15-8-16-7-10)11-3-1-2-9-4-5-17-13(9)11/h1-3,6-8,12,17H,4-5H2. The van der Waals surface area contributed by atoms with Crippen molar-refractivity contribution in [3.05, 3.63) is 53.6 Å². The Balaban J connectivity index is 2.03. The quantitative estimate of drug-likeness (QED) is 0.859. The van der Waals surface area contributed by atoms with Gasteiger partial charge in [-0.3, -0.25) is 0 Å². The Bertz CT molecular complexity index is 527. The number of halogens is 1. The molecular weight excluding hydrogens is 217 g/mol.